The Morgan fingerprint density at radius 3 is 2.00 bits per heavy atom. The maximum Gasteiger partial charge on any atom is 0.317 e. The van der Waals surface area contributed by atoms with Crippen LogP contribution in [-0.4, -0.2) is 43.0 Å². The first-order valence-corrected chi connectivity index (χ1v) is 4.89. The van der Waals surface area contributed by atoms with Gasteiger partial charge in [0.25, 0.3) is 0 Å². The monoisotopic (exact) mass is 201 g/mol. The van der Waals surface area contributed by atoms with Crippen LogP contribution in [0.15, 0.2) is 0 Å². The van der Waals surface area contributed by atoms with Crippen molar-refractivity contribution in [2.24, 2.45) is 0 Å². The van der Waals surface area contributed by atoms with E-state index < -0.39 is 0 Å². The van der Waals surface area contributed by atoms with Crippen molar-refractivity contribution < 1.29 is 9.59 Å². The van der Waals surface area contributed by atoms with Crippen LogP contribution >= 0.6 is 0 Å². The third-order valence-electron chi connectivity index (χ3n) is 1.83. The number of nitrogens with zero attached hydrogens (tertiary/aromatic N) is 1. The summed E-state index contributed by atoms with van der Waals surface area (Å²) in [5.41, 5.74) is 0. The van der Waals surface area contributed by atoms with Gasteiger partial charge < -0.3 is 15.5 Å². The van der Waals surface area contributed by atoms with E-state index in [1.165, 1.54) is 6.92 Å². The second-order valence-electron chi connectivity index (χ2n) is 2.89. The molecule has 0 aliphatic rings. The van der Waals surface area contributed by atoms with Crippen molar-refractivity contribution in [2.45, 2.75) is 20.8 Å². The molecule has 82 valence electrons. The van der Waals surface area contributed by atoms with Gasteiger partial charge in [-0.15, -0.1) is 0 Å². The molecule has 0 fully saturated rings. The lowest BCUT2D eigenvalue weighted by Crippen LogP contribution is -2.42. The van der Waals surface area contributed by atoms with E-state index >= 15 is 0 Å². The van der Waals surface area contributed by atoms with Crippen LogP contribution in [0.5, 0.6) is 0 Å². The Balaban J connectivity index is 3.57. The molecule has 0 aromatic heterocycles. The van der Waals surface area contributed by atoms with Gasteiger partial charge in [0.15, 0.2) is 0 Å². The lowest BCUT2D eigenvalue weighted by atomic mass is 10.5. The first-order chi connectivity index (χ1) is 6.61. The van der Waals surface area contributed by atoms with Gasteiger partial charge in [-0.05, 0) is 13.8 Å². The largest absolute Gasteiger partial charge is 0.355 e. The fraction of sp³-hybridized carbons (Fsp3) is 0.778. The molecule has 5 heteroatoms. The molecule has 0 spiro atoms. The van der Waals surface area contributed by atoms with E-state index in [4.69, 9.17) is 0 Å². The topological polar surface area (TPSA) is 61.4 Å². The van der Waals surface area contributed by atoms with Gasteiger partial charge >= 0.3 is 6.03 Å². The van der Waals surface area contributed by atoms with Crippen LogP contribution in [0.1, 0.15) is 20.8 Å². The molecule has 5 nitrogen and oxygen atoms in total. The predicted molar refractivity (Wildman–Crippen MR) is 55.0 cm³/mol. The van der Waals surface area contributed by atoms with E-state index in [0.29, 0.717) is 26.2 Å². The summed E-state index contributed by atoms with van der Waals surface area (Å²) < 4.78 is 0. The van der Waals surface area contributed by atoms with E-state index in [-0.39, 0.29) is 11.9 Å². The number of carbonyl (C=O) groups excluding carboxylic acids is 2. The van der Waals surface area contributed by atoms with Crippen molar-refractivity contribution in [1.82, 2.24) is 15.5 Å². The number of hydrogen-bond acceptors (Lipinski definition) is 2. The highest BCUT2D eigenvalue weighted by molar-refractivity contribution is 5.74. The van der Waals surface area contributed by atoms with Crippen molar-refractivity contribution >= 4 is 11.9 Å². The van der Waals surface area contributed by atoms with Gasteiger partial charge in [0.2, 0.25) is 5.91 Å². The summed E-state index contributed by atoms with van der Waals surface area (Å²) in [6.45, 7) is 7.64. The average Bonchev–Trinajstić information content (AvgIpc) is 2.14. The molecular formula is C9H19N3O2. The SMILES string of the molecule is CCN(CC)C(=O)NCCNC(C)=O. The molecule has 0 bridgehead atoms. The number of urea groups is 1. The standard InChI is InChI=1S/C9H19N3O2/c1-4-12(5-2)9(14)11-7-6-10-8(3)13/h4-7H2,1-3H3,(H,10,13)(H,11,14). The minimum Gasteiger partial charge on any atom is -0.355 e. The third kappa shape index (κ3) is 5.40. The number of rotatable bonds is 5. The Hall–Kier alpha value is -1.26. The molecule has 0 unspecified atom stereocenters. The number of nitrogens with one attached hydrogen (secondary N) is 2. The first-order valence-electron chi connectivity index (χ1n) is 4.89. The Bertz CT molecular complexity index is 190. The summed E-state index contributed by atoms with van der Waals surface area (Å²) >= 11 is 0. The van der Waals surface area contributed by atoms with Gasteiger partial charge in [-0.3, -0.25) is 4.79 Å². The second-order valence-corrected chi connectivity index (χ2v) is 2.89. The summed E-state index contributed by atoms with van der Waals surface area (Å²) in [6.07, 6.45) is 0. The molecule has 0 radical (unpaired) electrons. The fourth-order valence-electron chi connectivity index (χ4n) is 1.03. The van der Waals surface area contributed by atoms with Crippen molar-refractivity contribution in [3.05, 3.63) is 0 Å². The molecule has 0 aliphatic heterocycles. The quantitative estimate of drug-likeness (QED) is 0.623. The fourth-order valence-corrected chi connectivity index (χ4v) is 1.03. The zero-order valence-corrected chi connectivity index (χ0v) is 9.09. The van der Waals surface area contributed by atoms with Crippen molar-refractivity contribution in [2.75, 3.05) is 26.2 Å². The zero-order valence-electron chi connectivity index (χ0n) is 9.09. The van der Waals surface area contributed by atoms with Gasteiger partial charge in [-0.1, -0.05) is 0 Å². The summed E-state index contributed by atoms with van der Waals surface area (Å²) in [5, 5.41) is 5.32. The predicted octanol–water partition coefficient (Wildman–Crippen LogP) is 0.174. The van der Waals surface area contributed by atoms with E-state index in [0.717, 1.165) is 0 Å². The number of hydrogen-bond donors (Lipinski definition) is 2. The normalized spacial score (nSPS) is 9.36. The minimum absolute atomic E-state index is 0.0814. The zero-order chi connectivity index (χ0) is 11.0. The van der Waals surface area contributed by atoms with Gasteiger partial charge in [0.1, 0.15) is 0 Å². The van der Waals surface area contributed by atoms with E-state index in [1.807, 2.05) is 13.8 Å². The summed E-state index contributed by atoms with van der Waals surface area (Å²) in [7, 11) is 0. The van der Waals surface area contributed by atoms with Gasteiger partial charge in [-0.25, -0.2) is 4.79 Å². The summed E-state index contributed by atoms with van der Waals surface area (Å²) in [6, 6.07) is -0.0830. The average molecular weight is 201 g/mol. The van der Waals surface area contributed by atoms with Crippen molar-refractivity contribution in [3.63, 3.8) is 0 Å². The molecule has 3 amide bonds. The van der Waals surface area contributed by atoms with E-state index in [1.54, 1.807) is 4.90 Å². The van der Waals surface area contributed by atoms with E-state index in [2.05, 4.69) is 10.6 Å². The molecule has 14 heavy (non-hydrogen) atoms. The highest BCUT2D eigenvalue weighted by Crippen LogP contribution is 1.86. The lowest BCUT2D eigenvalue weighted by Gasteiger charge is -2.19. The summed E-state index contributed by atoms with van der Waals surface area (Å²) in [5.74, 6) is -0.0814. The highest BCUT2D eigenvalue weighted by Gasteiger charge is 2.06. The first kappa shape index (κ1) is 12.7. The van der Waals surface area contributed by atoms with Crippen LogP contribution in [0, 0.1) is 0 Å². The molecule has 0 rings (SSSR count). The molecule has 2 N–H and O–H groups in total. The smallest absolute Gasteiger partial charge is 0.317 e. The van der Waals surface area contributed by atoms with Gasteiger partial charge in [0, 0.05) is 33.1 Å². The highest BCUT2D eigenvalue weighted by atomic mass is 16.2. The van der Waals surface area contributed by atoms with Gasteiger partial charge in [-0.2, -0.15) is 0 Å². The molecular weight excluding hydrogens is 182 g/mol. The van der Waals surface area contributed by atoms with Crippen molar-refractivity contribution in [1.29, 1.82) is 0 Å². The maximum absolute atomic E-state index is 11.4. The van der Waals surface area contributed by atoms with Crippen LogP contribution in [0.4, 0.5) is 4.79 Å². The van der Waals surface area contributed by atoms with Crippen LogP contribution in [-0.2, 0) is 4.79 Å². The molecule has 0 aliphatic carbocycles. The molecule has 0 saturated heterocycles. The molecule has 0 aromatic carbocycles. The van der Waals surface area contributed by atoms with E-state index in [9.17, 15) is 9.59 Å². The molecule has 0 atom stereocenters. The lowest BCUT2D eigenvalue weighted by molar-refractivity contribution is -0.118. The Kier molecular flexibility index (Phi) is 6.53. The summed E-state index contributed by atoms with van der Waals surface area (Å²) in [4.78, 5) is 23.5. The number of amides is 3. The van der Waals surface area contributed by atoms with Crippen LogP contribution < -0.4 is 10.6 Å². The van der Waals surface area contributed by atoms with Crippen LogP contribution in [0.3, 0.4) is 0 Å². The van der Waals surface area contributed by atoms with Crippen LogP contribution in [0.25, 0.3) is 0 Å². The second kappa shape index (κ2) is 7.17. The minimum atomic E-state index is -0.0830. The molecule has 0 aromatic rings. The maximum atomic E-state index is 11.4. The van der Waals surface area contributed by atoms with Crippen molar-refractivity contribution in [3.8, 4) is 0 Å². The van der Waals surface area contributed by atoms with Gasteiger partial charge in [0.05, 0.1) is 0 Å². The molecule has 0 heterocycles. The molecule has 0 saturated carbocycles. The Labute approximate surface area is 84.8 Å². The van der Waals surface area contributed by atoms with Crippen LogP contribution in [0.2, 0.25) is 0 Å². The Morgan fingerprint density at radius 1 is 1.07 bits per heavy atom. The third-order valence-corrected chi connectivity index (χ3v) is 1.83. The Morgan fingerprint density at radius 2 is 1.57 bits per heavy atom. The number of carbonyl (C=O) groups is 2.